The molecule has 1 atom stereocenters. The summed E-state index contributed by atoms with van der Waals surface area (Å²) in [4.78, 5) is 0. The summed E-state index contributed by atoms with van der Waals surface area (Å²) >= 11 is 8.61. The second-order valence-corrected chi connectivity index (χ2v) is 9.63. The Bertz CT molecular complexity index is 632. The molecule has 0 radical (unpaired) electrons. The Balaban J connectivity index is 2.50. The minimum absolute atomic E-state index is 0.384. The van der Waals surface area contributed by atoms with Crippen LogP contribution in [0.5, 0.6) is 0 Å². The molecule has 0 aliphatic heterocycles. The molecule has 0 spiro atoms. The number of aliphatic hydroxyl groups excluding tert-OH is 1. The topological polar surface area (TPSA) is 20.2 Å². The fourth-order valence-corrected chi connectivity index (χ4v) is 5.29. The lowest BCUT2D eigenvalue weighted by Gasteiger charge is -2.20. The Morgan fingerprint density at radius 3 is 2.05 bits per heavy atom. The van der Waals surface area contributed by atoms with Crippen LogP contribution in [0.25, 0.3) is 0 Å². The van der Waals surface area contributed by atoms with Gasteiger partial charge in [-0.3, -0.25) is 0 Å². The number of halogens is 2. The Labute approximate surface area is 147 Å². The lowest BCUT2D eigenvalue weighted by molar-refractivity contribution is 0.218. The van der Waals surface area contributed by atoms with Gasteiger partial charge >= 0.3 is 0 Å². The fourth-order valence-electron chi connectivity index (χ4n) is 2.41. The number of thiophene rings is 1. The van der Waals surface area contributed by atoms with Crippen LogP contribution in [0, 0.1) is 0 Å². The molecule has 1 nitrogen and oxygen atoms in total. The average molecular weight is 432 g/mol. The first-order chi connectivity index (χ1) is 9.81. The molecule has 0 amide bonds. The molecule has 0 aliphatic carbocycles. The molecule has 4 heteroatoms. The fraction of sp³-hybridized carbons (Fsp3) is 0.412. The predicted octanol–water partition coefficient (Wildman–Crippen LogP) is 6.60. The zero-order valence-corrected chi connectivity index (χ0v) is 16.6. The van der Waals surface area contributed by atoms with E-state index in [1.807, 2.05) is 6.07 Å². The third-order valence-corrected chi connectivity index (χ3v) is 6.06. The number of aliphatic hydroxyl groups is 1. The van der Waals surface area contributed by atoms with E-state index < -0.39 is 6.10 Å². The number of benzene rings is 1. The third-order valence-electron chi connectivity index (χ3n) is 3.67. The first-order valence-corrected chi connectivity index (χ1v) is 9.48. The van der Waals surface area contributed by atoms with E-state index in [2.05, 4.69) is 77.8 Å². The summed E-state index contributed by atoms with van der Waals surface area (Å²) in [6.07, 6.45) is -0.597. The molecule has 1 aromatic carbocycles. The van der Waals surface area contributed by atoms with Crippen LogP contribution in [0.4, 0.5) is 0 Å². The molecule has 0 saturated heterocycles. The zero-order chi connectivity index (χ0) is 15.7. The van der Waals surface area contributed by atoms with Gasteiger partial charge in [-0.25, -0.2) is 0 Å². The van der Waals surface area contributed by atoms with Gasteiger partial charge in [0.1, 0.15) is 6.10 Å². The average Bonchev–Trinajstić information content (AvgIpc) is 2.76. The molecule has 2 aromatic rings. The quantitative estimate of drug-likeness (QED) is 0.577. The van der Waals surface area contributed by atoms with Crippen LogP contribution in [0.15, 0.2) is 31.8 Å². The maximum absolute atomic E-state index is 10.8. The summed E-state index contributed by atoms with van der Waals surface area (Å²) in [6, 6.07) is 8.43. The summed E-state index contributed by atoms with van der Waals surface area (Å²) in [5.74, 6) is 0.880. The van der Waals surface area contributed by atoms with Gasteiger partial charge in [0.2, 0.25) is 0 Å². The van der Waals surface area contributed by atoms with Crippen molar-refractivity contribution in [1.82, 2.24) is 0 Å². The van der Waals surface area contributed by atoms with E-state index in [9.17, 15) is 5.11 Å². The predicted molar refractivity (Wildman–Crippen MR) is 98.4 cm³/mol. The highest BCUT2D eigenvalue weighted by molar-refractivity contribution is 9.12. The molecule has 0 bridgehead atoms. The highest BCUT2D eigenvalue weighted by atomic mass is 79.9. The first-order valence-electron chi connectivity index (χ1n) is 7.07. The van der Waals surface area contributed by atoms with Crippen molar-refractivity contribution in [2.45, 2.75) is 45.6 Å². The number of hydrogen-bond donors (Lipinski definition) is 1. The van der Waals surface area contributed by atoms with Gasteiger partial charge in [0.25, 0.3) is 0 Å². The summed E-state index contributed by atoms with van der Waals surface area (Å²) in [5.41, 5.74) is 4.47. The molecule has 0 fully saturated rings. The molecule has 2 rings (SSSR count). The van der Waals surface area contributed by atoms with Crippen molar-refractivity contribution in [2.75, 3.05) is 0 Å². The van der Waals surface area contributed by atoms with Crippen molar-refractivity contribution in [3.63, 3.8) is 0 Å². The SMILES string of the molecule is CC(C)c1ccc(C(O)c2cc(Br)sc2Br)c(C(C)C)c1. The Morgan fingerprint density at radius 1 is 0.905 bits per heavy atom. The van der Waals surface area contributed by atoms with Gasteiger partial charge in [0.05, 0.1) is 7.57 Å². The Hall–Kier alpha value is -0.160. The maximum atomic E-state index is 10.8. The summed E-state index contributed by atoms with van der Waals surface area (Å²) in [5, 5.41) is 10.8. The normalized spacial score (nSPS) is 13.2. The monoisotopic (exact) mass is 430 g/mol. The lowest BCUT2D eigenvalue weighted by Crippen LogP contribution is -2.06. The lowest BCUT2D eigenvalue weighted by atomic mass is 9.88. The summed E-state index contributed by atoms with van der Waals surface area (Å²) < 4.78 is 2.00. The van der Waals surface area contributed by atoms with Crippen molar-refractivity contribution in [3.8, 4) is 0 Å². The Morgan fingerprint density at radius 2 is 1.57 bits per heavy atom. The van der Waals surface area contributed by atoms with Crippen LogP contribution in [0.3, 0.4) is 0 Å². The van der Waals surface area contributed by atoms with Gasteiger partial charge in [0.15, 0.2) is 0 Å². The van der Waals surface area contributed by atoms with E-state index in [0.29, 0.717) is 11.8 Å². The molecule has 0 saturated carbocycles. The number of rotatable bonds is 4. The van der Waals surface area contributed by atoms with E-state index in [1.54, 1.807) is 11.3 Å². The molecular weight excluding hydrogens is 412 g/mol. The molecular formula is C17H20Br2OS. The molecule has 1 heterocycles. The zero-order valence-electron chi connectivity index (χ0n) is 12.7. The van der Waals surface area contributed by atoms with Crippen molar-refractivity contribution in [1.29, 1.82) is 0 Å². The van der Waals surface area contributed by atoms with Crippen LogP contribution >= 0.6 is 43.2 Å². The summed E-state index contributed by atoms with van der Waals surface area (Å²) in [6.45, 7) is 8.74. The van der Waals surface area contributed by atoms with Gasteiger partial charge in [-0.15, -0.1) is 11.3 Å². The second-order valence-electron chi connectivity index (χ2n) is 5.88. The van der Waals surface area contributed by atoms with Gasteiger partial charge in [-0.05, 0) is 66.5 Å². The number of hydrogen-bond acceptors (Lipinski definition) is 2. The molecule has 1 unspecified atom stereocenters. The van der Waals surface area contributed by atoms with E-state index in [4.69, 9.17) is 0 Å². The van der Waals surface area contributed by atoms with E-state index >= 15 is 0 Å². The third kappa shape index (κ3) is 3.79. The van der Waals surface area contributed by atoms with Crippen molar-refractivity contribution in [3.05, 3.63) is 54.1 Å². The first kappa shape index (κ1) is 17.2. The van der Waals surface area contributed by atoms with Crippen LogP contribution in [-0.4, -0.2) is 5.11 Å². The van der Waals surface area contributed by atoms with Crippen molar-refractivity contribution < 1.29 is 5.11 Å². The van der Waals surface area contributed by atoms with Crippen molar-refractivity contribution in [2.24, 2.45) is 0 Å². The van der Waals surface area contributed by atoms with E-state index in [1.165, 1.54) is 11.1 Å². The second kappa shape index (κ2) is 6.95. The van der Waals surface area contributed by atoms with Crippen LogP contribution in [0.2, 0.25) is 0 Å². The molecule has 1 N–H and O–H groups in total. The molecule has 114 valence electrons. The van der Waals surface area contributed by atoms with Crippen LogP contribution < -0.4 is 0 Å². The van der Waals surface area contributed by atoms with Gasteiger partial charge < -0.3 is 5.11 Å². The van der Waals surface area contributed by atoms with Gasteiger partial charge in [-0.1, -0.05) is 45.9 Å². The van der Waals surface area contributed by atoms with Gasteiger partial charge in [0, 0.05) is 5.56 Å². The van der Waals surface area contributed by atoms with E-state index in [-0.39, 0.29) is 0 Å². The highest BCUT2D eigenvalue weighted by Gasteiger charge is 2.21. The standard InChI is InChI=1S/C17H20Br2OS/c1-9(2)11-5-6-12(13(7-11)10(3)4)16(20)14-8-15(18)21-17(14)19/h5-10,16,20H,1-4H3. The maximum Gasteiger partial charge on any atom is 0.106 e. The highest BCUT2D eigenvalue weighted by Crippen LogP contribution is 2.40. The minimum Gasteiger partial charge on any atom is -0.384 e. The van der Waals surface area contributed by atoms with Gasteiger partial charge in [-0.2, -0.15) is 0 Å². The van der Waals surface area contributed by atoms with Crippen LogP contribution in [0.1, 0.15) is 67.9 Å². The summed E-state index contributed by atoms with van der Waals surface area (Å²) in [7, 11) is 0. The molecule has 21 heavy (non-hydrogen) atoms. The molecule has 1 aromatic heterocycles. The molecule has 0 aliphatic rings. The smallest absolute Gasteiger partial charge is 0.106 e. The van der Waals surface area contributed by atoms with Crippen LogP contribution in [-0.2, 0) is 0 Å². The minimum atomic E-state index is -0.597. The Kier molecular flexibility index (Phi) is 5.69. The largest absolute Gasteiger partial charge is 0.384 e. The van der Waals surface area contributed by atoms with Crippen molar-refractivity contribution >= 4 is 43.2 Å². The van der Waals surface area contributed by atoms with E-state index in [0.717, 1.165) is 18.7 Å².